The van der Waals surface area contributed by atoms with E-state index in [2.05, 4.69) is 29.4 Å². The van der Waals surface area contributed by atoms with Gasteiger partial charge in [0.2, 0.25) is 0 Å². The van der Waals surface area contributed by atoms with Crippen LogP contribution in [0.2, 0.25) is 0 Å². The first-order chi connectivity index (χ1) is 8.66. The molecule has 1 aromatic rings. The lowest BCUT2D eigenvalue weighted by Crippen LogP contribution is -2.27. The van der Waals surface area contributed by atoms with Gasteiger partial charge >= 0.3 is 0 Å². The van der Waals surface area contributed by atoms with Gasteiger partial charge in [-0.25, -0.2) is 0 Å². The van der Waals surface area contributed by atoms with Gasteiger partial charge in [0.05, 0.1) is 6.54 Å². The van der Waals surface area contributed by atoms with Crippen LogP contribution in [-0.4, -0.2) is 34.9 Å². The van der Waals surface area contributed by atoms with Crippen molar-refractivity contribution in [3.63, 3.8) is 0 Å². The molecular weight excluding hydrogens is 224 g/mol. The van der Waals surface area contributed by atoms with Gasteiger partial charge in [-0.2, -0.15) is 0 Å². The molecular formula is C15H22N2O. The number of hydrogen-bond acceptors (Lipinski definition) is 2. The third-order valence-corrected chi connectivity index (χ3v) is 4.26. The van der Waals surface area contributed by atoms with Crippen molar-refractivity contribution in [3.05, 3.63) is 23.0 Å². The lowest BCUT2D eigenvalue weighted by Gasteiger charge is -2.13. The molecule has 1 aliphatic carbocycles. The highest BCUT2D eigenvalue weighted by molar-refractivity contribution is 5.99. The minimum atomic E-state index is 0.303. The number of aryl methyl sites for hydroxylation is 1. The van der Waals surface area contributed by atoms with E-state index < -0.39 is 0 Å². The quantitative estimate of drug-likeness (QED) is 0.763. The average molecular weight is 246 g/mol. The van der Waals surface area contributed by atoms with Crippen molar-refractivity contribution in [3.8, 4) is 0 Å². The predicted molar refractivity (Wildman–Crippen MR) is 72.2 cm³/mol. The number of ketones is 1. The molecule has 0 amide bonds. The number of likely N-dealkylation sites (tertiary alicyclic amines) is 1. The summed E-state index contributed by atoms with van der Waals surface area (Å²) in [5.41, 5.74) is 3.38. The van der Waals surface area contributed by atoms with Gasteiger partial charge in [0.25, 0.3) is 0 Å². The summed E-state index contributed by atoms with van der Waals surface area (Å²) in [7, 11) is 0. The Morgan fingerprint density at radius 2 is 1.94 bits per heavy atom. The first-order valence-corrected chi connectivity index (χ1v) is 7.11. The monoisotopic (exact) mass is 246 g/mol. The maximum absolute atomic E-state index is 12.4. The third-order valence-electron chi connectivity index (χ3n) is 4.26. The summed E-state index contributed by atoms with van der Waals surface area (Å²) in [4.78, 5) is 14.7. The lowest BCUT2D eigenvalue weighted by atomic mass is 10.1. The number of hydrogen-bond donors (Lipinski definition) is 0. The number of Topliss-reactive ketones (excluding diaryl/α,β-unsaturated/α-hetero) is 1. The second-order valence-corrected chi connectivity index (χ2v) is 5.79. The van der Waals surface area contributed by atoms with Crippen LogP contribution < -0.4 is 0 Å². The zero-order valence-corrected chi connectivity index (χ0v) is 11.4. The third kappa shape index (κ3) is 2.12. The van der Waals surface area contributed by atoms with Crippen molar-refractivity contribution in [2.45, 2.75) is 45.6 Å². The maximum Gasteiger partial charge on any atom is 0.178 e. The van der Waals surface area contributed by atoms with Crippen LogP contribution >= 0.6 is 0 Å². The zero-order valence-electron chi connectivity index (χ0n) is 11.4. The Hall–Kier alpha value is -1.09. The summed E-state index contributed by atoms with van der Waals surface area (Å²) >= 11 is 0. The fourth-order valence-corrected chi connectivity index (χ4v) is 3.18. The van der Waals surface area contributed by atoms with Crippen molar-refractivity contribution in [2.75, 3.05) is 19.6 Å². The van der Waals surface area contributed by atoms with E-state index >= 15 is 0 Å². The largest absolute Gasteiger partial charge is 0.345 e. The van der Waals surface area contributed by atoms with E-state index in [4.69, 9.17) is 0 Å². The molecule has 1 aromatic heterocycles. The fourth-order valence-electron chi connectivity index (χ4n) is 3.18. The topological polar surface area (TPSA) is 25.2 Å². The van der Waals surface area contributed by atoms with Gasteiger partial charge < -0.3 is 4.57 Å². The van der Waals surface area contributed by atoms with E-state index in [1.54, 1.807) is 0 Å². The van der Waals surface area contributed by atoms with Crippen LogP contribution in [0.15, 0.2) is 6.07 Å². The Labute approximate surface area is 109 Å². The fraction of sp³-hybridized carbons (Fsp3) is 0.667. The van der Waals surface area contributed by atoms with E-state index in [-0.39, 0.29) is 0 Å². The summed E-state index contributed by atoms with van der Waals surface area (Å²) in [6.07, 6.45) is 5.04. The second kappa shape index (κ2) is 4.54. The predicted octanol–water partition coefficient (Wildman–Crippen LogP) is 2.72. The Balaban J connectivity index is 1.78. The van der Waals surface area contributed by atoms with Crippen LogP contribution in [0.25, 0.3) is 0 Å². The van der Waals surface area contributed by atoms with Crippen molar-refractivity contribution in [1.29, 1.82) is 0 Å². The van der Waals surface area contributed by atoms with Crippen molar-refractivity contribution in [2.24, 2.45) is 0 Å². The second-order valence-electron chi connectivity index (χ2n) is 5.79. The van der Waals surface area contributed by atoms with E-state index in [0.29, 0.717) is 18.4 Å². The molecule has 1 aliphatic heterocycles. The minimum absolute atomic E-state index is 0.303. The molecule has 0 bridgehead atoms. The molecule has 2 heterocycles. The Morgan fingerprint density at radius 1 is 1.28 bits per heavy atom. The summed E-state index contributed by atoms with van der Waals surface area (Å²) in [6.45, 7) is 7.01. The Morgan fingerprint density at radius 3 is 2.56 bits per heavy atom. The summed E-state index contributed by atoms with van der Waals surface area (Å²) in [5, 5.41) is 0. The molecule has 3 heteroatoms. The highest BCUT2D eigenvalue weighted by Crippen LogP contribution is 2.38. The SMILES string of the molecule is Cc1cc(C(=O)CN2CCCC2)c(C)n1C1CC1. The normalized spacial score (nSPS) is 20.6. The smallest absolute Gasteiger partial charge is 0.178 e. The van der Waals surface area contributed by atoms with Gasteiger partial charge in [-0.15, -0.1) is 0 Å². The van der Waals surface area contributed by atoms with Crippen molar-refractivity contribution in [1.82, 2.24) is 9.47 Å². The Kier molecular flexibility index (Phi) is 3.02. The molecule has 0 aromatic carbocycles. The molecule has 0 unspecified atom stereocenters. The molecule has 1 saturated heterocycles. The summed E-state index contributed by atoms with van der Waals surface area (Å²) < 4.78 is 2.36. The van der Waals surface area contributed by atoms with Gasteiger partial charge in [-0.1, -0.05) is 0 Å². The minimum Gasteiger partial charge on any atom is -0.345 e. The number of carbonyl (C=O) groups excluding carboxylic acids is 1. The highest BCUT2D eigenvalue weighted by atomic mass is 16.1. The van der Waals surface area contributed by atoms with E-state index in [1.165, 1.54) is 37.1 Å². The van der Waals surface area contributed by atoms with Crippen molar-refractivity contribution < 1.29 is 4.79 Å². The summed E-state index contributed by atoms with van der Waals surface area (Å²) in [6, 6.07) is 2.75. The molecule has 0 atom stereocenters. The molecule has 2 fully saturated rings. The number of aromatic nitrogens is 1. The van der Waals surface area contributed by atoms with Crippen LogP contribution in [0, 0.1) is 13.8 Å². The number of carbonyl (C=O) groups is 1. The molecule has 0 N–H and O–H groups in total. The molecule has 3 rings (SSSR count). The highest BCUT2D eigenvalue weighted by Gasteiger charge is 2.28. The van der Waals surface area contributed by atoms with Crippen molar-refractivity contribution >= 4 is 5.78 Å². The standard InChI is InChI=1S/C15H22N2O/c1-11-9-14(12(2)17(11)13-5-6-13)15(18)10-16-7-3-4-8-16/h9,13H,3-8,10H2,1-2H3. The first-order valence-electron chi connectivity index (χ1n) is 7.11. The van der Waals surface area contributed by atoms with E-state index in [0.717, 1.165) is 18.7 Å². The van der Waals surface area contributed by atoms with Gasteiger partial charge in [-0.3, -0.25) is 9.69 Å². The van der Waals surface area contributed by atoms with Crippen LogP contribution in [0.4, 0.5) is 0 Å². The van der Waals surface area contributed by atoms with E-state index in [9.17, 15) is 4.79 Å². The maximum atomic E-state index is 12.4. The van der Waals surface area contributed by atoms with Crippen LogP contribution in [0.1, 0.15) is 53.5 Å². The summed E-state index contributed by atoms with van der Waals surface area (Å²) in [5.74, 6) is 0.303. The van der Waals surface area contributed by atoms with E-state index in [1.807, 2.05) is 0 Å². The van der Waals surface area contributed by atoms with Gasteiger partial charge in [0.1, 0.15) is 0 Å². The van der Waals surface area contributed by atoms with Gasteiger partial charge in [-0.05, 0) is 58.7 Å². The van der Waals surface area contributed by atoms with Crippen LogP contribution in [-0.2, 0) is 0 Å². The van der Waals surface area contributed by atoms with Crippen LogP contribution in [0.3, 0.4) is 0 Å². The lowest BCUT2D eigenvalue weighted by molar-refractivity contribution is 0.0944. The molecule has 0 radical (unpaired) electrons. The molecule has 18 heavy (non-hydrogen) atoms. The molecule has 1 saturated carbocycles. The molecule has 3 nitrogen and oxygen atoms in total. The average Bonchev–Trinajstić information content (AvgIpc) is 2.94. The van der Waals surface area contributed by atoms with Crippen LogP contribution in [0.5, 0.6) is 0 Å². The zero-order chi connectivity index (χ0) is 12.7. The molecule has 0 spiro atoms. The van der Waals surface area contributed by atoms with Gasteiger partial charge in [0, 0.05) is 23.0 Å². The Bertz CT molecular complexity index is 465. The number of nitrogens with zero attached hydrogens (tertiary/aromatic N) is 2. The molecule has 2 aliphatic rings. The van der Waals surface area contributed by atoms with Gasteiger partial charge in [0.15, 0.2) is 5.78 Å². The molecule has 98 valence electrons. The first kappa shape index (κ1) is 12.0. The number of rotatable bonds is 4.